The van der Waals surface area contributed by atoms with E-state index in [1.165, 1.54) is 6.07 Å². The van der Waals surface area contributed by atoms with Gasteiger partial charge in [0.2, 0.25) is 0 Å². The van der Waals surface area contributed by atoms with Gasteiger partial charge in [-0.2, -0.15) is 0 Å². The van der Waals surface area contributed by atoms with Crippen molar-refractivity contribution in [2.24, 2.45) is 0 Å². The highest BCUT2D eigenvalue weighted by Gasteiger charge is 2.09. The summed E-state index contributed by atoms with van der Waals surface area (Å²) in [4.78, 5) is 4.38. The first-order valence-corrected chi connectivity index (χ1v) is 6.78. The van der Waals surface area contributed by atoms with Crippen molar-refractivity contribution in [2.75, 3.05) is 0 Å². The summed E-state index contributed by atoms with van der Waals surface area (Å²) < 4.78 is 31.9. The maximum absolute atomic E-state index is 13.3. The Bertz CT molecular complexity index is 807. The summed E-state index contributed by atoms with van der Waals surface area (Å²) in [7, 11) is 0. The Labute approximate surface area is 125 Å². The number of para-hydroxylation sites is 1. The molecular formula is C16H10ClF2NO. The van der Waals surface area contributed by atoms with Crippen molar-refractivity contribution in [1.29, 1.82) is 0 Å². The van der Waals surface area contributed by atoms with E-state index in [9.17, 15) is 8.78 Å². The molecule has 3 aromatic rings. The van der Waals surface area contributed by atoms with Crippen molar-refractivity contribution < 1.29 is 13.5 Å². The van der Waals surface area contributed by atoms with E-state index in [1.807, 2.05) is 24.3 Å². The van der Waals surface area contributed by atoms with Crippen molar-refractivity contribution in [2.45, 2.75) is 5.88 Å². The summed E-state index contributed by atoms with van der Waals surface area (Å²) in [6.07, 6.45) is 0. The van der Waals surface area contributed by atoms with Crippen molar-refractivity contribution in [3.63, 3.8) is 0 Å². The molecular weight excluding hydrogens is 296 g/mol. The van der Waals surface area contributed by atoms with Gasteiger partial charge in [0.1, 0.15) is 11.5 Å². The van der Waals surface area contributed by atoms with Gasteiger partial charge in [-0.05, 0) is 24.3 Å². The van der Waals surface area contributed by atoms with E-state index in [1.54, 1.807) is 6.07 Å². The van der Waals surface area contributed by atoms with Crippen LogP contribution in [-0.2, 0) is 5.88 Å². The lowest BCUT2D eigenvalue weighted by Gasteiger charge is -2.10. The molecule has 0 amide bonds. The van der Waals surface area contributed by atoms with Crippen LogP contribution in [0.15, 0.2) is 48.5 Å². The Morgan fingerprint density at radius 2 is 1.81 bits per heavy atom. The van der Waals surface area contributed by atoms with Crippen molar-refractivity contribution >= 4 is 22.5 Å². The number of pyridine rings is 1. The summed E-state index contributed by atoms with van der Waals surface area (Å²) in [5.74, 6) is -0.918. The molecule has 0 aliphatic heterocycles. The third kappa shape index (κ3) is 2.81. The monoisotopic (exact) mass is 305 g/mol. The maximum atomic E-state index is 13.3. The van der Waals surface area contributed by atoms with Crippen LogP contribution in [-0.4, -0.2) is 4.98 Å². The van der Waals surface area contributed by atoms with Gasteiger partial charge in [-0.3, -0.25) is 4.98 Å². The van der Waals surface area contributed by atoms with E-state index in [4.69, 9.17) is 16.3 Å². The number of halogens is 3. The molecule has 2 nitrogen and oxygen atoms in total. The average Bonchev–Trinajstić information content (AvgIpc) is 2.51. The average molecular weight is 306 g/mol. The van der Waals surface area contributed by atoms with Gasteiger partial charge in [0.05, 0.1) is 17.1 Å². The van der Waals surface area contributed by atoms with Crippen LogP contribution in [0.5, 0.6) is 11.5 Å². The second-order valence-electron chi connectivity index (χ2n) is 4.44. The van der Waals surface area contributed by atoms with Gasteiger partial charge in [-0.15, -0.1) is 11.6 Å². The van der Waals surface area contributed by atoms with Crippen LogP contribution < -0.4 is 4.74 Å². The van der Waals surface area contributed by atoms with Crippen molar-refractivity contribution in [1.82, 2.24) is 4.98 Å². The summed E-state index contributed by atoms with van der Waals surface area (Å²) in [5, 5.41) is 0.774. The minimum absolute atomic E-state index is 0.214. The number of aromatic nitrogens is 1. The smallest absolute Gasteiger partial charge is 0.162 e. The zero-order valence-corrected chi connectivity index (χ0v) is 11.6. The molecule has 0 bridgehead atoms. The minimum atomic E-state index is -0.955. The Balaban J connectivity index is 2.08. The van der Waals surface area contributed by atoms with Gasteiger partial charge in [0.15, 0.2) is 11.6 Å². The first-order chi connectivity index (χ1) is 10.2. The molecule has 0 aliphatic carbocycles. The Morgan fingerprint density at radius 3 is 2.57 bits per heavy atom. The molecule has 5 heteroatoms. The molecule has 0 saturated heterocycles. The van der Waals surface area contributed by atoms with Gasteiger partial charge >= 0.3 is 0 Å². The van der Waals surface area contributed by atoms with E-state index in [0.29, 0.717) is 11.4 Å². The first-order valence-electron chi connectivity index (χ1n) is 6.25. The summed E-state index contributed by atoms with van der Waals surface area (Å²) in [5.41, 5.74) is 1.38. The zero-order chi connectivity index (χ0) is 14.8. The van der Waals surface area contributed by atoms with Gasteiger partial charge in [0.25, 0.3) is 0 Å². The molecule has 0 radical (unpaired) electrons. The molecule has 0 unspecified atom stereocenters. The van der Waals surface area contributed by atoms with Crippen LogP contribution in [0, 0.1) is 11.6 Å². The topological polar surface area (TPSA) is 22.1 Å². The Kier molecular flexibility index (Phi) is 3.71. The van der Waals surface area contributed by atoms with E-state index < -0.39 is 11.6 Å². The fraction of sp³-hybridized carbons (Fsp3) is 0.0625. The highest BCUT2D eigenvalue weighted by molar-refractivity contribution is 6.17. The van der Waals surface area contributed by atoms with Gasteiger partial charge in [-0.25, -0.2) is 8.78 Å². The lowest BCUT2D eigenvalue weighted by atomic mass is 10.2. The Hall–Kier alpha value is -2.20. The summed E-state index contributed by atoms with van der Waals surface area (Å²) >= 11 is 5.82. The number of rotatable bonds is 3. The van der Waals surface area contributed by atoms with Crippen molar-refractivity contribution in [3.05, 3.63) is 65.9 Å². The maximum Gasteiger partial charge on any atom is 0.162 e. The van der Waals surface area contributed by atoms with Gasteiger partial charge in [0, 0.05) is 17.5 Å². The van der Waals surface area contributed by atoms with Crippen molar-refractivity contribution in [3.8, 4) is 11.5 Å². The van der Waals surface area contributed by atoms with E-state index in [0.717, 1.165) is 23.0 Å². The molecule has 21 heavy (non-hydrogen) atoms. The highest BCUT2D eigenvalue weighted by atomic mass is 35.5. The Morgan fingerprint density at radius 1 is 1.00 bits per heavy atom. The van der Waals surface area contributed by atoms with E-state index in [-0.39, 0.29) is 11.6 Å². The number of fused-ring (bicyclic) bond motifs is 1. The molecule has 0 spiro atoms. The van der Waals surface area contributed by atoms with Crippen LogP contribution in [0.2, 0.25) is 0 Å². The molecule has 3 rings (SSSR count). The number of ether oxygens (including phenoxy) is 1. The zero-order valence-electron chi connectivity index (χ0n) is 10.8. The molecule has 0 saturated carbocycles. The number of benzene rings is 2. The van der Waals surface area contributed by atoms with Crippen LogP contribution >= 0.6 is 11.6 Å². The van der Waals surface area contributed by atoms with Crippen LogP contribution in [0.1, 0.15) is 5.69 Å². The second kappa shape index (κ2) is 5.66. The fourth-order valence-electron chi connectivity index (χ4n) is 2.02. The van der Waals surface area contributed by atoms with Crippen LogP contribution in [0.25, 0.3) is 10.9 Å². The number of hydrogen-bond acceptors (Lipinski definition) is 2. The largest absolute Gasteiger partial charge is 0.456 e. The molecule has 0 fully saturated rings. The number of alkyl halides is 1. The highest BCUT2D eigenvalue weighted by Crippen LogP contribution is 2.30. The fourth-order valence-corrected chi connectivity index (χ4v) is 2.15. The minimum Gasteiger partial charge on any atom is -0.456 e. The quantitative estimate of drug-likeness (QED) is 0.632. The van der Waals surface area contributed by atoms with Crippen LogP contribution in [0.4, 0.5) is 8.78 Å². The number of hydrogen-bond donors (Lipinski definition) is 0. The molecule has 0 N–H and O–H groups in total. The molecule has 1 aromatic heterocycles. The molecule has 1 heterocycles. The normalized spacial score (nSPS) is 10.8. The molecule has 0 atom stereocenters. The third-order valence-electron chi connectivity index (χ3n) is 2.99. The molecule has 0 aliphatic rings. The van der Waals surface area contributed by atoms with E-state index >= 15 is 0 Å². The lowest BCUT2D eigenvalue weighted by molar-refractivity contribution is 0.464. The van der Waals surface area contributed by atoms with Gasteiger partial charge in [-0.1, -0.05) is 12.1 Å². The second-order valence-corrected chi connectivity index (χ2v) is 4.71. The third-order valence-corrected chi connectivity index (χ3v) is 3.26. The SMILES string of the molecule is Fc1ccc(Oc2cc(CCl)nc3ccccc23)cc1F. The predicted molar refractivity (Wildman–Crippen MR) is 77.7 cm³/mol. The van der Waals surface area contributed by atoms with E-state index in [2.05, 4.69) is 4.98 Å². The predicted octanol–water partition coefficient (Wildman–Crippen LogP) is 5.04. The van der Waals surface area contributed by atoms with Crippen LogP contribution in [0.3, 0.4) is 0 Å². The summed E-state index contributed by atoms with van der Waals surface area (Å²) in [6, 6.07) is 12.5. The molecule has 2 aromatic carbocycles. The first kappa shape index (κ1) is 13.8. The molecule has 106 valence electrons. The summed E-state index contributed by atoms with van der Waals surface area (Å²) in [6.45, 7) is 0. The lowest BCUT2D eigenvalue weighted by Crippen LogP contribution is -1.93. The standard InChI is InChI=1S/C16H10ClF2NO/c17-9-10-7-16(12-3-1-2-4-15(12)20-10)21-11-5-6-13(18)14(19)8-11/h1-8H,9H2. The number of nitrogens with zero attached hydrogens (tertiary/aromatic N) is 1. The van der Waals surface area contributed by atoms with Gasteiger partial charge < -0.3 is 4.74 Å².